The fourth-order valence-corrected chi connectivity index (χ4v) is 2.13. The monoisotopic (exact) mass is 300 g/mol. The van der Waals surface area contributed by atoms with Crippen LogP contribution in [0, 0.1) is 0 Å². The standard InChI is InChI=1S/C17H20N2O3/c1-2-10-19(13-14-7-4-3-5-8-14)16(20)12-18-17(21)15-9-6-11-22-15/h3-9,11H,2,10,12-13H2,1H3,(H,18,21). The Kier molecular flexibility index (Phi) is 5.77. The van der Waals surface area contributed by atoms with Gasteiger partial charge in [0.05, 0.1) is 12.8 Å². The van der Waals surface area contributed by atoms with E-state index in [0.29, 0.717) is 13.1 Å². The molecule has 1 N–H and O–H groups in total. The predicted octanol–water partition coefficient (Wildman–Crippen LogP) is 2.45. The normalized spacial score (nSPS) is 10.2. The molecule has 0 aliphatic heterocycles. The lowest BCUT2D eigenvalue weighted by Crippen LogP contribution is -2.40. The van der Waals surface area contributed by atoms with Gasteiger partial charge in [0.25, 0.3) is 5.91 Å². The zero-order valence-electron chi connectivity index (χ0n) is 12.6. The molecule has 5 nitrogen and oxygen atoms in total. The average Bonchev–Trinajstić information content (AvgIpc) is 3.07. The minimum atomic E-state index is -0.380. The molecule has 116 valence electrons. The van der Waals surface area contributed by atoms with E-state index >= 15 is 0 Å². The number of furan rings is 1. The maximum absolute atomic E-state index is 12.3. The first-order valence-corrected chi connectivity index (χ1v) is 7.34. The number of nitrogens with zero attached hydrogens (tertiary/aromatic N) is 1. The molecule has 22 heavy (non-hydrogen) atoms. The van der Waals surface area contributed by atoms with Crippen LogP contribution in [0.15, 0.2) is 53.1 Å². The summed E-state index contributed by atoms with van der Waals surface area (Å²) in [5.41, 5.74) is 1.07. The number of carbonyl (C=O) groups is 2. The molecule has 0 radical (unpaired) electrons. The molecule has 1 aromatic carbocycles. The molecule has 1 heterocycles. The van der Waals surface area contributed by atoms with Crippen LogP contribution in [-0.4, -0.2) is 29.8 Å². The molecular formula is C17H20N2O3. The molecule has 0 unspecified atom stereocenters. The third kappa shape index (κ3) is 4.48. The fourth-order valence-electron chi connectivity index (χ4n) is 2.13. The van der Waals surface area contributed by atoms with Crippen molar-refractivity contribution in [2.75, 3.05) is 13.1 Å². The van der Waals surface area contributed by atoms with Gasteiger partial charge in [0, 0.05) is 13.1 Å². The van der Waals surface area contributed by atoms with Crippen molar-refractivity contribution in [1.29, 1.82) is 0 Å². The van der Waals surface area contributed by atoms with E-state index in [1.54, 1.807) is 17.0 Å². The van der Waals surface area contributed by atoms with Gasteiger partial charge in [0.1, 0.15) is 0 Å². The van der Waals surface area contributed by atoms with Gasteiger partial charge in [-0.3, -0.25) is 9.59 Å². The molecule has 0 saturated heterocycles. The van der Waals surface area contributed by atoms with Crippen LogP contribution in [0.2, 0.25) is 0 Å². The minimum Gasteiger partial charge on any atom is -0.459 e. The summed E-state index contributed by atoms with van der Waals surface area (Å²) in [6, 6.07) is 13.0. The Labute approximate surface area is 129 Å². The summed E-state index contributed by atoms with van der Waals surface area (Å²) in [7, 11) is 0. The summed E-state index contributed by atoms with van der Waals surface area (Å²) < 4.78 is 4.99. The first-order valence-electron chi connectivity index (χ1n) is 7.34. The van der Waals surface area contributed by atoms with Gasteiger partial charge < -0.3 is 14.6 Å². The number of rotatable bonds is 7. The third-order valence-electron chi connectivity index (χ3n) is 3.21. The first kappa shape index (κ1) is 15.8. The van der Waals surface area contributed by atoms with Gasteiger partial charge in [-0.15, -0.1) is 0 Å². The van der Waals surface area contributed by atoms with E-state index in [1.807, 2.05) is 37.3 Å². The van der Waals surface area contributed by atoms with Gasteiger partial charge in [-0.25, -0.2) is 0 Å². The molecule has 5 heteroatoms. The zero-order valence-corrected chi connectivity index (χ0v) is 12.6. The SMILES string of the molecule is CCCN(Cc1ccccc1)C(=O)CNC(=O)c1ccco1. The summed E-state index contributed by atoms with van der Waals surface area (Å²) >= 11 is 0. The molecule has 0 bridgehead atoms. The number of nitrogens with one attached hydrogen (secondary N) is 1. The molecule has 0 fully saturated rings. The van der Waals surface area contributed by atoms with Crippen LogP contribution in [0.25, 0.3) is 0 Å². The van der Waals surface area contributed by atoms with Crippen molar-refractivity contribution >= 4 is 11.8 Å². The summed E-state index contributed by atoms with van der Waals surface area (Å²) in [4.78, 5) is 25.8. The van der Waals surface area contributed by atoms with Crippen molar-refractivity contribution in [2.24, 2.45) is 0 Å². The van der Waals surface area contributed by atoms with Gasteiger partial charge >= 0.3 is 0 Å². The molecule has 0 aliphatic rings. The Morgan fingerprint density at radius 2 is 1.91 bits per heavy atom. The van der Waals surface area contributed by atoms with Gasteiger partial charge in [-0.05, 0) is 24.1 Å². The predicted molar refractivity (Wildman–Crippen MR) is 83.2 cm³/mol. The molecule has 2 rings (SSSR count). The highest BCUT2D eigenvalue weighted by Gasteiger charge is 2.15. The van der Waals surface area contributed by atoms with E-state index in [0.717, 1.165) is 12.0 Å². The van der Waals surface area contributed by atoms with E-state index in [2.05, 4.69) is 5.32 Å². The van der Waals surface area contributed by atoms with Crippen molar-refractivity contribution < 1.29 is 14.0 Å². The Morgan fingerprint density at radius 1 is 1.14 bits per heavy atom. The van der Waals surface area contributed by atoms with E-state index in [4.69, 9.17) is 4.42 Å². The molecular weight excluding hydrogens is 280 g/mol. The summed E-state index contributed by atoms with van der Waals surface area (Å²) in [5, 5.41) is 2.59. The lowest BCUT2D eigenvalue weighted by atomic mass is 10.2. The smallest absolute Gasteiger partial charge is 0.287 e. The van der Waals surface area contributed by atoms with Crippen LogP contribution < -0.4 is 5.32 Å². The van der Waals surface area contributed by atoms with Gasteiger partial charge in [-0.1, -0.05) is 37.3 Å². The quantitative estimate of drug-likeness (QED) is 0.854. The highest BCUT2D eigenvalue weighted by Crippen LogP contribution is 2.06. The van der Waals surface area contributed by atoms with Crippen LogP contribution in [0.5, 0.6) is 0 Å². The van der Waals surface area contributed by atoms with Crippen molar-refractivity contribution in [3.63, 3.8) is 0 Å². The second-order valence-corrected chi connectivity index (χ2v) is 4.96. The minimum absolute atomic E-state index is 0.0354. The topological polar surface area (TPSA) is 62.6 Å². The number of hydrogen-bond donors (Lipinski definition) is 1. The Morgan fingerprint density at radius 3 is 2.55 bits per heavy atom. The van der Waals surface area contributed by atoms with E-state index in [9.17, 15) is 9.59 Å². The Hall–Kier alpha value is -2.56. The number of hydrogen-bond acceptors (Lipinski definition) is 3. The van der Waals surface area contributed by atoms with Crippen LogP contribution in [0.1, 0.15) is 29.5 Å². The summed E-state index contributed by atoms with van der Waals surface area (Å²) in [6.07, 6.45) is 2.29. The van der Waals surface area contributed by atoms with Crippen molar-refractivity contribution in [3.8, 4) is 0 Å². The molecule has 1 aromatic heterocycles. The van der Waals surface area contributed by atoms with Crippen LogP contribution >= 0.6 is 0 Å². The Balaban J connectivity index is 1.90. The van der Waals surface area contributed by atoms with Crippen LogP contribution in [0.4, 0.5) is 0 Å². The molecule has 0 atom stereocenters. The van der Waals surface area contributed by atoms with E-state index in [1.165, 1.54) is 6.26 Å². The molecule has 0 spiro atoms. The number of carbonyl (C=O) groups excluding carboxylic acids is 2. The summed E-state index contributed by atoms with van der Waals surface area (Å²) in [6.45, 7) is 3.19. The van der Waals surface area contributed by atoms with Gasteiger partial charge in [0.15, 0.2) is 5.76 Å². The second-order valence-electron chi connectivity index (χ2n) is 4.96. The maximum Gasteiger partial charge on any atom is 0.287 e. The summed E-state index contributed by atoms with van der Waals surface area (Å²) in [5.74, 6) is -0.280. The lowest BCUT2D eigenvalue weighted by Gasteiger charge is -2.22. The van der Waals surface area contributed by atoms with Crippen molar-refractivity contribution in [3.05, 3.63) is 60.1 Å². The van der Waals surface area contributed by atoms with Gasteiger partial charge in [0.2, 0.25) is 5.91 Å². The number of amides is 2. The van der Waals surface area contributed by atoms with E-state index < -0.39 is 0 Å². The zero-order chi connectivity index (χ0) is 15.8. The molecule has 0 saturated carbocycles. The number of benzene rings is 1. The molecule has 2 amide bonds. The van der Waals surface area contributed by atoms with Crippen LogP contribution in [-0.2, 0) is 11.3 Å². The molecule has 2 aromatic rings. The average molecular weight is 300 g/mol. The second kappa shape index (κ2) is 8.02. The molecule has 0 aliphatic carbocycles. The highest BCUT2D eigenvalue weighted by molar-refractivity contribution is 5.94. The van der Waals surface area contributed by atoms with Crippen LogP contribution in [0.3, 0.4) is 0 Å². The Bertz CT molecular complexity index is 594. The van der Waals surface area contributed by atoms with Gasteiger partial charge in [-0.2, -0.15) is 0 Å². The fraction of sp³-hybridized carbons (Fsp3) is 0.294. The third-order valence-corrected chi connectivity index (χ3v) is 3.21. The van der Waals surface area contributed by atoms with Crippen molar-refractivity contribution in [1.82, 2.24) is 10.2 Å². The van der Waals surface area contributed by atoms with E-state index in [-0.39, 0.29) is 24.1 Å². The highest BCUT2D eigenvalue weighted by atomic mass is 16.3. The first-order chi connectivity index (χ1) is 10.7. The van der Waals surface area contributed by atoms with Crippen molar-refractivity contribution in [2.45, 2.75) is 19.9 Å². The largest absolute Gasteiger partial charge is 0.459 e. The maximum atomic E-state index is 12.3. The lowest BCUT2D eigenvalue weighted by molar-refractivity contribution is -0.130.